The summed E-state index contributed by atoms with van der Waals surface area (Å²) in [6, 6.07) is 9.57. The third kappa shape index (κ3) is 2.23. The molecule has 22 heavy (non-hydrogen) atoms. The van der Waals surface area contributed by atoms with Crippen molar-refractivity contribution in [3.8, 4) is 11.5 Å². The molecule has 0 N–H and O–H groups in total. The normalized spacial score (nSPS) is 23.3. The van der Waals surface area contributed by atoms with Crippen molar-refractivity contribution in [3.05, 3.63) is 47.9 Å². The highest BCUT2D eigenvalue weighted by Gasteiger charge is 2.39. The third-order valence-electron chi connectivity index (χ3n) is 3.84. The zero-order chi connectivity index (χ0) is 15.1. The number of rotatable bonds is 3. The van der Waals surface area contributed by atoms with Gasteiger partial charge >= 0.3 is 0 Å². The van der Waals surface area contributed by atoms with Crippen LogP contribution in [0.1, 0.15) is 23.6 Å². The fourth-order valence-electron chi connectivity index (χ4n) is 2.73. The molecule has 1 aromatic heterocycles. The topological polar surface area (TPSA) is 51.9 Å². The smallest absolute Gasteiger partial charge is 0.237 e. The summed E-state index contributed by atoms with van der Waals surface area (Å²) in [4.78, 5) is 14.3. The average Bonchev–Trinajstić information content (AvgIpc) is 3.24. The molecule has 0 bridgehead atoms. The molecule has 2 atom stereocenters. The number of amides is 1. The van der Waals surface area contributed by atoms with Crippen LogP contribution < -0.4 is 9.47 Å². The predicted molar refractivity (Wildman–Crippen MR) is 81.6 cm³/mol. The number of hydrogen-bond acceptors (Lipinski definition) is 5. The van der Waals surface area contributed by atoms with E-state index in [2.05, 4.69) is 0 Å². The van der Waals surface area contributed by atoms with Gasteiger partial charge in [0.2, 0.25) is 12.7 Å². The van der Waals surface area contributed by atoms with Crippen LogP contribution in [0.3, 0.4) is 0 Å². The minimum atomic E-state index is -0.0645. The Morgan fingerprint density at radius 1 is 1.27 bits per heavy atom. The molecule has 0 saturated carbocycles. The van der Waals surface area contributed by atoms with Gasteiger partial charge < -0.3 is 18.8 Å². The molecule has 1 fully saturated rings. The van der Waals surface area contributed by atoms with E-state index in [1.54, 1.807) is 18.0 Å². The largest absolute Gasteiger partial charge is 0.467 e. The molecule has 0 spiro atoms. The second kappa shape index (κ2) is 5.28. The number of fused-ring (bicyclic) bond motifs is 1. The van der Waals surface area contributed by atoms with Crippen molar-refractivity contribution < 1.29 is 18.7 Å². The number of furan rings is 1. The number of carbonyl (C=O) groups excluding carboxylic acids is 1. The van der Waals surface area contributed by atoms with Crippen LogP contribution in [0.25, 0.3) is 0 Å². The number of nitrogens with zero attached hydrogens (tertiary/aromatic N) is 1. The Hall–Kier alpha value is -2.08. The van der Waals surface area contributed by atoms with Gasteiger partial charge in [-0.25, -0.2) is 0 Å². The number of hydrogen-bond donors (Lipinski definition) is 0. The molecule has 3 heterocycles. The number of benzene rings is 1. The molecule has 1 saturated heterocycles. The highest BCUT2D eigenvalue weighted by Crippen LogP contribution is 2.46. The highest BCUT2D eigenvalue weighted by atomic mass is 32.2. The summed E-state index contributed by atoms with van der Waals surface area (Å²) in [5.41, 5.74) is 1.04. The van der Waals surface area contributed by atoms with Gasteiger partial charge in [-0.3, -0.25) is 4.79 Å². The second-order valence-corrected chi connectivity index (χ2v) is 6.71. The van der Waals surface area contributed by atoms with Gasteiger partial charge in [0.15, 0.2) is 11.5 Å². The lowest BCUT2D eigenvalue weighted by molar-refractivity contribution is -0.130. The molecule has 5 nitrogen and oxygen atoms in total. The number of ether oxygens (including phenoxy) is 2. The fraction of sp³-hybridized carbons (Fsp3) is 0.312. The van der Waals surface area contributed by atoms with Crippen LogP contribution in [-0.4, -0.2) is 22.8 Å². The number of carbonyl (C=O) groups is 1. The monoisotopic (exact) mass is 317 g/mol. The molecular formula is C16H15NO4S. The van der Waals surface area contributed by atoms with Gasteiger partial charge in [-0.05, 0) is 36.8 Å². The first kappa shape index (κ1) is 13.6. The molecule has 0 aliphatic carbocycles. The van der Waals surface area contributed by atoms with Crippen LogP contribution in [0.4, 0.5) is 0 Å². The summed E-state index contributed by atoms with van der Waals surface area (Å²) in [5, 5.41) is -0.104. The fourth-order valence-corrected chi connectivity index (χ4v) is 4.00. The zero-order valence-corrected chi connectivity index (χ0v) is 12.8. The van der Waals surface area contributed by atoms with E-state index >= 15 is 0 Å². The van der Waals surface area contributed by atoms with Crippen LogP contribution in [0.5, 0.6) is 11.5 Å². The Morgan fingerprint density at radius 3 is 2.95 bits per heavy atom. The molecule has 1 amide bonds. The highest BCUT2D eigenvalue weighted by molar-refractivity contribution is 8.01. The van der Waals surface area contributed by atoms with Gasteiger partial charge in [0, 0.05) is 0 Å². The van der Waals surface area contributed by atoms with Crippen LogP contribution in [-0.2, 0) is 11.3 Å². The van der Waals surface area contributed by atoms with Crippen molar-refractivity contribution in [2.45, 2.75) is 24.1 Å². The third-order valence-corrected chi connectivity index (χ3v) is 5.23. The van der Waals surface area contributed by atoms with E-state index in [9.17, 15) is 4.79 Å². The van der Waals surface area contributed by atoms with E-state index in [-0.39, 0.29) is 23.3 Å². The Labute approximate surface area is 132 Å². The lowest BCUT2D eigenvalue weighted by atomic mass is 10.1. The summed E-state index contributed by atoms with van der Waals surface area (Å²) >= 11 is 1.64. The van der Waals surface area contributed by atoms with Gasteiger partial charge in [0.1, 0.15) is 11.1 Å². The summed E-state index contributed by atoms with van der Waals surface area (Å²) < 4.78 is 16.2. The lowest BCUT2D eigenvalue weighted by Crippen LogP contribution is -2.29. The lowest BCUT2D eigenvalue weighted by Gasteiger charge is -2.23. The van der Waals surface area contributed by atoms with Crippen molar-refractivity contribution in [2.75, 3.05) is 6.79 Å². The van der Waals surface area contributed by atoms with Crippen molar-refractivity contribution in [1.29, 1.82) is 0 Å². The Balaban J connectivity index is 1.65. The van der Waals surface area contributed by atoms with E-state index in [0.717, 1.165) is 22.8 Å². The molecule has 2 aromatic rings. The van der Waals surface area contributed by atoms with Crippen molar-refractivity contribution >= 4 is 17.7 Å². The second-order valence-electron chi connectivity index (χ2n) is 5.29. The summed E-state index contributed by atoms with van der Waals surface area (Å²) in [5.74, 6) is 2.41. The van der Waals surface area contributed by atoms with Crippen molar-refractivity contribution in [2.24, 2.45) is 0 Å². The molecule has 0 unspecified atom stereocenters. The van der Waals surface area contributed by atoms with Gasteiger partial charge in [0.25, 0.3) is 0 Å². The van der Waals surface area contributed by atoms with E-state index in [4.69, 9.17) is 13.9 Å². The average molecular weight is 317 g/mol. The van der Waals surface area contributed by atoms with Gasteiger partial charge in [-0.15, -0.1) is 11.8 Å². The molecule has 6 heteroatoms. The van der Waals surface area contributed by atoms with Gasteiger partial charge in [-0.2, -0.15) is 0 Å². The first-order valence-electron chi connectivity index (χ1n) is 7.10. The van der Waals surface area contributed by atoms with Gasteiger partial charge in [-0.1, -0.05) is 6.07 Å². The molecule has 2 aliphatic rings. The van der Waals surface area contributed by atoms with Crippen LogP contribution in [0.15, 0.2) is 41.0 Å². The molecule has 0 radical (unpaired) electrons. The Kier molecular flexibility index (Phi) is 3.26. The van der Waals surface area contributed by atoms with Gasteiger partial charge in [0.05, 0.1) is 18.1 Å². The van der Waals surface area contributed by atoms with E-state index in [1.807, 2.05) is 42.2 Å². The van der Waals surface area contributed by atoms with E-state index in [0.29, 0.717) is 6.54 Å². The standard InChI is InChI=1S/C16H15NO4S/c1-10-15(18)17(8-12-3-2-6-19-12)16(22-10)11-4-5-13-14(7-11)21-9-20-13/h2-7,10,16H,8-9H2,1H3/t10-,16+/m1/s1. The minimum Gasteiger partial charge on any atom is -0.467 e. The molecular weight excluding hydrogens is 302 g/mol. The van der Waals surface area contributed by atoms with Crippen LogP contribution >= 0.6 is 11.8 Å². The summed E-state index contributed by atoms with van der Waals surface area (Å²) in [6.07, 6.45) is 1.63. The van der Waals surface area contributed by atoms with Crippen molar-refractivity contribution in [3.63, 3.8) is 0 Å². The zero-order valence-electron chi connectivity index (χ0n) is 12.0. The summed E-state index contributed by atoms with van der Waals surface area (Å²) in [6.45, 7) is 2.67. The molecule has 114 valence electrons. The first-order valence-corrected chi connectivity index (χ1v) is 8.04. The molecule has 1 aromatic carbocycles. The maximum atomic E-state index is 12.5. The van der Waals surface area contributed by atoms with E-state index in [1.165, 1.54) is 0 Å². The Morgan fingerprint density at radius 2 is 2.14 bits per heavy atom. The summed E-state index contributed by atoms with van der Waals surface area (Å²) in [7, 11) is 0. The van der Waals surface area contributed by atoms with Crippen LogP contribution in [0.2, 0.25) is 0 Å². The van der Waals surface area contributed by atoms with Crippen molar-refractivity contribution in [1.82, 2.24) is 4.90 Å². The minimum absolute atomic E-state index is 0.0397. The maximum Gasteiger partial charge on any atom is 0.237 e. The predicted octanol–water partition coefficient (Wildman–Crippen LogP) is 3.17. The molecule has 4 rings (SSSR count). The SMILES string of the molecule is C[C@H]1S[C@@H](c2ccc3c(c2)OCO3)N(Cc2ccco2)C1=O. The van der Waals surface area contributed by atoms with Crippen LogP contribution in [0, 0.1) is 0 Å². The maximum absolute atomic E-state index is 12.5. The first-order chi connectivity index (χ1) is 10.7. The number of thioether (sulfide) groups is 1. The quantitative estimate of drug-likeness (QED) is 0.870. The Bertz CT molecular complexity index is 700. The van der Waals surface area contributed by atoms with E-state index < -0.39 is 0 Å². The molecule has 2 aliphatic heterocycles.